The van der Waals surface area contributed by atoms with Crippen LogP contribution in [0.3, 0.4) is 0 Å². The molecule has 0 radical (unpaired) electrons. The first kappa shape index (κ1) is 28.5. The van der Waals surface area contributed by atoms with E-state index >= 15 is 0 Å². The van der Waals surface area contributed by atoms with Gasteiger partial charge in [-0.15, -0.1) is 0 Å². The Bertz CT molecular complexity index is 1320. The predicted molar refractivity (Wildman–Crippen MR) is 150 cm³/mol. The van der Waals surface area contributed by atoms with Gasteiger partial charge in [0.05, 0.1) is 47.7 Å². The minimum Gasteiger partial charge on any atom is -0.495 e. The molecule has 3 aromatic carbocycles. The largest absolute Gasteiger partial charge is 0.495 e. The van der Waals surface area contributed by atoms with Gasteiger partial charge in [-0.05, 0) is 60.0 Å². The van der Waals surface area contributed by atoms with Gasteiger partial charge in [-0.25, -0.2) is 0 Å². The summed E-state index contributed by atoms with van der Waals surface area (Å²) in [5.74, 6) is 3.14. The fourth-order valence-electron chi connectivity index (χ4n) is 3.96. The van der Waals surface area contributed by atoms with Crippen molar-refractivity contribution in [3.05, 3.63) is 81.9 Å². The first-order valence-electron chi connectivity index (χ1n) is 11.7. The molecule has 0 N–H and O–H groups in total. The smallest absolute Gasteiger partial charge is 0.203 e. The van der Waals surface area contributed by atoms with Gasteiger partial charge in [0, 0.05) is 11.1 Å². The van der Waals surface area contributed by atoms with E-state index in [1.807, 2.05) is 36.4 Å². The highest BCUT2D eigenvalue weighted by atomic mass is 35.5. The molecule has 7 nitrogen and oxygen atoms in total. The van der Waals surface area contributed by atoms with E-state index in [1.54, 1.807) is 59.8 Å². The van der Waals surface area contributed by atoms with E-state index in [0.717, 1.165) is 16.7 Å². The summed E-state index contributed by atoms with van der Waals surface area (Å²) in [5.41, 5.74) is 3.06. The molecule has 0 unspecified atom stereocenters. The van der Waals surface area contributed by atoms with Gasteiger partial charge in [0.25, 0.3) is 0 Å². The van der Waals surface area contributed by atoms with Gasteiger partial charge >= 0.3 is 0 Å². The summed E-state index contributed by atoms with van der Waals surface area (Å²) in [6.45, 7) is 0. The molecule has 0 heterocycles. The molecule has 0 aliphatic rings. The van der Waals surface area contributed by atoms with Crippen LogP contribution in [0.1, 0.15) is 27.0 Å². The second-order valence-electron chi connectivity index (χ2n) is 7.98. The van der Waals surface area contributed by atoms with Gasteiger partial charge < -0.3 is 28.4 Å². The SMILES string of the molecule is COc1ccc(C(=O)/C=C\Cc2c(/C=C\c3cc(OC)c(OC)c(OC)c3)ccc(OC)c2OC)cc1Cl. The van der Waals surface area contributed by atoms with Gasteiger partial charge in [0.2, 0.25) is 5.75 Å². The number of carbonyl (C=O) groups excluding carboxylic acids is 1. The van der Waals surface area contributed by atoms with Crippen LogP contribution in [0.2, 0.25) is 5.02 Å². The molecule has 0 fully saturated rings. The molecular formula is C30H31ClO7. The minimum atomic E-state index is -0.175. The first-order chi connectivity index (χ1) is 18.4. The fraction of sp³-hybridized carbons (Fsp3) is 0.233. The van der Waals surface area contributed by atoms with Gasteiger partial charge in [-0.2, -0.15) is 0 Å². The topological polar surface area (TPSA) is 72.5 Å². The Morgan fingerprint density at radius 1 is 0.711 bits per heavy atom. The van der Waals surface area contributed by atoms with Crippen molar-refractivity contribution in [3.63, 3.8) is 0 Å². The second-order valence-corrected chi connectivity index (χ2v) is 8.39. The highest BCUT2D eigenvalue weighted by Gasteiger charge is 2.15. The predicted octanol–water partition coefficient (Wildman–Crippen LogP) is 6.54. The molecular weight excluding hydrogens is 508 g/mol. The molecule has 0 atom stereocenters. The van der Waals surface area contributed by atoms with E-state index in [2.05, 4.69) is 0 Å². The third-order valence-electron chi connectivity index (χ3n) is 5.85. The van der Waals surface area contributed by atoms with E-state index in [4.69, 9.17) is 40.0 Å². The Kier molecular flexibility index (Phi) is 10.1. The van der Waals surface area contributed by atoms with E-state index < -0.39 is 0 Å². The molecule has 0 aromatic heterocycles. The van der Waals surface area contributed by atoms with Crippen molar-refractivity contribution in [2.24, 2.45) is 0 Å². The highest BCUT2D eigenvalue weighted by Crippen LogP contribution is 2.39. The number of hydrogen-bond acceptors (Lipinski definition) is 7. The van der Waals surface area contributed by atoms with Crippen LogP contribution >= 0.6 is 11.6 Å². The van der Waals surface area contributed by atoms with Crippen molar-refractivity contribution >= 4 is 29.5 Å². The van der Waals surface area contributed by atoms with E-state index in [1.165, 1.54) is 13.2 Å². The number of hydrogen-bond donors (Lipinski definition) is 0. The summed E-state index contributed by atoms with van der Waals surface area (Å²) in [6.07, 6.45) is 7.61. The zero-order valence-corrected chi connectivity index (χ0v) is 23.0. The van der Waals surface area contributed by atoms with Crippen molar-refractivity contribution in [2.45, 2.75) is 6.42 Å². The van der Waals surface area contributed by atoms with Crippen molar-refractivity contribution in [3.8, 4) is 34.5 Å². The quantitative estimate of drug-likeness (QED) is 0.147. The summed E-state index contributed by atoms with van der Waals surface area (Å²) in [5, 5.41) is 0.375. The summed E-state index contributed by atoms with van der Waals surface area (Å²) >= 11 is 6.18. The van der Waals surface area contributed by atoms with Crippen LogP contribution in [-0.2, 0) is 6.42 Å². The van der Waals surface area contributed by atoms with Crippen LogP contribution in [-0.4, -0.2) is 48.4 Å². The molecule has 38 heavy (non-hydrogen) atoms. The lowest BCUT2D eigenvalue weighted by Gasteiger charge is -2.15. The van der Waals surface area contributed by atoms with Crippen molar-refractivity contribution < 1.29 is 33.2 Å². The number of carbonyl (C=O) groups is 1. The van der Waals surface area contributed by atoms with Gasteiger partial charge in [0.15, 0.2) is 28.8 Å². The summed E-state index contributed by atoms with van der Waals surface area (Å²) in [6, 6.07) is 12.4. The van der Waals surface area contributed by atoms with Crippen molar-refractivity contribution in [1.82, 2.24) is 0 Å². The van der Waals surface area contributed by atoms with Crippen molar-refractivity contribution in [2.75, 3.05) is 42.7 Å². The fourth-order valence-corrected chi connectivity index (χ4v) is 4.21. The monoisotopic (exact) mass is 538 g/mol. The molecule has 0 bridgehead atoms. The Balaban J connectivity index is 1.94. The van der Waals surface area contributed by atoms with Crippen LogP contribution in [0, 0.1) is 0 Å². The molecule has 0 saturated carbocycles. The molecule has 0 spiro atoms. The van der Waals surface area contributed by atoms with Gasteiger partial charge in [-0.1, -0.05) is 35.9 Å². The van der Waals surface area contributed by atoms with Crippen LogP contribution in [0.5, 0.6) is 34.5 Å². The molecule has 8 heteroatoms. The van der Waals surface area contributed by atoms with Crippen LogP contribution in [0.25, 0.3) is 12.2 Å². The molecule has 0 aliphatic carbocycles. The average Bonchev–Trinajstić information content (AvgIpc) is 2.95. The van der Waals surface area contributed by atoms with Crippen LogP contribution < -0.4 is 28.4 Å². The molecule has 0 aliphatic heterocycles. The maximum absolute atomic E-state index is 12.7. The maximum atomic E-state index is 12.7. The van der Waals surface area contributed by atoms with Crippen LogP contribution in [0.15, 0.2) is 54.6 Å². The number of ketones is 1. The zero-order chi connectivity index (χ0) is 27.7. The Hall–Kier alpha value is -4.10. The number of methoxy groups -OCH3 is 6. The lowest BCUT2D eigenvalue weighted by Crippen LogP contribution is -1.99. The zero-order valence-electron chi connectivity index (χ0n) is 22.3. The Morgan fingerprint density at radius 3 is 1.87 bits per heavy atom. The Morgan fingerprint density at radius 2 is 1.32 bits per heavy atom. The number of halogens is 1. The van der Waals surface area contributed by atoms with E-state index in [0.29, 0.717) is 51.5 Å². The summed E-state index contributed by atoms with van der Waals surface area (Å²) in [7, 11) is 9.41. The van der Waals surface area contributed by atoms with Gasteiger partial charge in [0.1, 0.15) is 5.75 Å². The molecule has 200 valence electrons. The number of benzene rings is 3. The van der Waals surface area contributed by atoms with E-state index in [-0.39, 0.29) is 5.78 Å². The minimum absolute atomic E-state index is 0.175. The van der Waals surface area contributed by atoms with Crippen LogP contribution in [0.4, 0.5) is 0 Å². The Labute approximate surface area is 228 Å². The second kappa shape index (κ2) is 13.4. The standard InChI is InChI=1S/C30H31ClO7/c1-33-25-14-13-21(18-23(25)31)24(32)9-7-8-22-20(12-15-26(34-2)29(22)37-5)11-10-19-16-27(35-3)30(38-6)28(17-19)36-4/h7,9-18H,8H2,1-6H3/b9-7-,11-10-. The normalized spacial score (nSPS) is 11.0. The third-order valence-corrected chi connectivity index (χ3v) is 6.15. The number of allylic oxidation sites excluding steroid dienone is 2. The summed E-state index contributed by atoms with van der Waals surface area (Å²) in [4.78, 5) is 12.7. The molecule has 0 amide bonds. The lowest BCUT2D eigenvalue weighted by molar-refractivity contribution is 0.104. The maximum Gasteiger partial charge on any atom is 0.203 e. The highest BCUT2D eigenvalue weighted by molar-refractivity contribution is 6.32. The molecule has 0 saturated heterocycles. The van der Waals surface area contributed by atoms with E-state index in [9.17, 15) is 4.79 Å². The molecule has 3 aromatic rings. The number of rotatable bonds is 12. The lowest BCUT2D eigenvalue weighted by atomic mass is 10.00. The summed E-state index contributed by atoms with van der Waals surface area (Å²) < 4.78 is 32.7. The average molecular weight is 539 g/mol. The van der Waals surface area contributed by atoms with Gasteiger partial charge in [-0.3, -0.25) is 4.79 Å². The third kappa shape index (κ3) is 6.42. The number of ether oxygens (including phenoxy) is 6. The first-order valence-corrected chi connectivity index (χ1v) is 12.0. The van der Waals surface area contributed by atoms with Crippen molar-refractivity contribution in [1.29, 1.82) is 0 Å². The molecule has 3 rings (SSSR count).